The zero-order chi connectivity index (χ0) is 21.6. The van der Waals surface area contributed by atoms with Crippen LogP contribution >= 0.6 is 11.3 Å². The average molecular weight is 441 g/mol. The molecule has 1 saturated heterocycles. The van der Waals surface area contributed by atoms with E-state index in [4.69, 9.17) is 9.26 Å². The minimum absolute atomic E-state index is 0.0237. The van der Waals surface area contributed by atoms with Crippen LogP contribution in [0.5, 0.6) is 5.75 Å². The van der Waals surface area contributed by atoms with E-state index in [1.807, 2.05) is 46.7 Å². The van der Waals surface area contributed by atoms with Gasteiger partial charge in [0.2, 0.25) is 17.6 Å². The summed E-state index contributed by atoms with van der Waals surface area (Å²) in [4.78, 5) is 22.7. The third-order valence-electron chi connectivity index (χ3n) is 5.76. The Labute approximate surface area is 186 Å². The predicted molar refractivity (Wildman–Crippen MR) is 120 cm³/mol. The van der Waals surface area contributed by atoms with E-state index < -0.39 is 0 Å². The largest absolute Gasteiger partial charge is 0.497 e. The van der Waals surface area contributed by atoms with E-state index in [1.54, 1.807) is 18.4 Å². The third kappa shape index (κ3) is 5.32. The molecule has 3 aromatic rings. The lowest BCUT2D eigenvalue weighted by Gasteiger charge is -2.25. The average Bonchev–Trinajstić information content (AvgIpc) is 3.45. The molecule has 1 amide bonds. The van der Waals surface area contributed by atoms with Crippen molar-refractivity contribution >= 4 is 17.2 Å². The van der Waals surface area contributed by atoms with E-state index in [-0.39, 0.29) is 11.9 Å². The van der Waals surface area contributed by atoms with Crippen molar-refractivity contribution in [1.29, 1.82) is 0 Å². The summed E-state index contributed by atoms with van der Waals surface area (Å²) in [6.07, 6.45) is 2.20. The molecule has 3 heterocycles. The number of nitrogens with zero attached hydrogens (tertiary/aromatic N) is 4. The van der Waals surface area contributed by atoms with E-state index in [1.165, 1.54) is 0 Å². The predicted octanol–water partition coefficient (Wildman–Crippen LogP) is 4.03. The summed E-state index contributed by atoms with van der Waals surface area (Å²) in [5.74, 6) is 2.31. The van der Waals surface area contributed by atoms with Gasteiger partial charge >= 0.3 is 0 Å². The molecule has 1 fully saturated rings. The molecule has 31 heavy (non-hydrogen) atoms. The van der Waals surface area contributed by atoms with Crippen LogP contribution in [0.25, 0.3) is 10.7 Å². The highest BCUT2D eigenvalue weighted by molar-refractivity contribution is 7.13. The van der Waals surface area contributed by atoms with Crippen molar-refractivity contribution in [1.82, 2.24) is 19.9 Å². The second kappa shape index (κ2) is 10.1. The lowest BCUT2D eigenvalue weighted by molar-refractivity contribution is -0.131. The van der Waals surface area contributed by atoms with Gasteiger partial charge in [0, 0.05) is 32.6 Å². The Kier molecular flexibility index (Phi) is 6.99. The summed E-state index contributed by atoms with van der Waals surface area (Å²) in [7, 11) is 1.66. The van der Waals surface area contributed by atoms with Crippen LogP contribution in [0.1, 0.15) is 37.3 Å². The number of aryl methyl sites for hydroxylation is 1. The van der Waals surface area contributed by atoms with E-state index >= 15 is 0 Å². The molecule has 4 rings (SSSR count). The smallest absolute Gasteiger partial charge is 0.244 e. The fourth-order valence-electron chi connectivity index (χ4n) is 3.84. The van der Waals surface area contributed by atoms with Crippen molar-refractivity contribution in [2.45, 2.75) is 32.2 Å². The van der Waals surface area contributed by atoms with Gasteiger partial charge in [-0.25, -0.2) is 0 Å². The fraction of sp³-hybridized carbons (Fsp3) is 0.435. The number of aromatic nitrogens is 2. The molecule has 1 unspecified atom stereocenters. The maximum absolute atomic E-state index is 12.8. The molecule has 1 aliphatic heterocycles. The summed E-state index contributed by atoms with van der Waals surface area (Å²) in [6, 6.07) is 11.9. The molecule has 1 aromatic carbocycles. The zero-order valence-corrected chi connectivity index (χ0v) is 18.8. The molecule has 0 N–H and O–H groups in total. The van der Waals surface area contributed by atoms with Gasteiger partial charge in [0.1, 0.15) is 5.75 Å². The molecule has 0 radical (unpaired) electrons. The SMILES string of the molecule is COc1ccc(CCC(=O)N2CCCN(C(C)c3nc(-c4cccs4)no3)CC2)cc1. The summed E-state index contributed by atoms with van der Waals surface area (Å²) < 4.78 is 10.7. The Bertz CT molecular complexity index is 971. The first-order valence-corrected chi connectivity index (χ1v) is 11.5. The highest BCUT2D eigenvalue weighted by Crippen LogP contribution is 2.26. The van der Waals surface area contributed by atoms with E-state index in [0.29, 0.717) is 18.1 Å². The molecular weight excluding hydrogens is 412 g/mol. The molecule has 0 spiro atoms. The summed E-state index contributed by atoms with van der Waals surface area (Å²) in [6.45, 7) is 5.30. The van der Waals surface area contributed by atoms with Gasteiger partial charge in [0.15, 0.2) is 0 Å². The van der Waals surface area contributed by atoms with Gasteiger partial charge in [-0.15, -0.1) is 11.3 Å². The maximum Gasteiger partial charge on any atom is 0.244 e. The first kappa shape index (κ1) is 21.5. The van der Waals surface area contributed by atoms with Crippen molar-refractivity contribution < 1.29 is 14.1 Å². The minimum Gasteiger partial charge on any atom is -0.497 e. The van der Waals surface area contributed by atoms with Crippen LogP contribution in [0, 0.1) is 0 Å². The molecule has 0 bridgehead atoms. The van der Waals surface area contributed by atoms with Crippen LogP contribution in [-0.4, -0.2) is 59.1 Å². The Balaban J connectivity index is 1.29. The Morgan fingerprint density at radius 3 is 2.77 bits per heavy atom. The van der Waals surface area contributed by atoms with Crippen LogP contribution in [0.3, 0.4) is 0 Å². The number of carbonyl (C=O) groups excluding carboxylic acids is 1. The molecule has 0 saturated carbocycles. The molecule has 2 aromatic heterocycles. The Morgan fingerprint density at radius 1 is 1.19 bits per heavy atom. The van der Waals surface area contributed by atoms with Gasteiger partial charge in [-0.2, -0.15) is 4.98 Å². The maximum atomic E-state index is 12.8. The van der Waals surface area contributed by atoms with Crippen LogP contribution in [0.15, 0.2) is 46.3 Å². The molecule has 1 atom stereocenters. The van der Waals surface area contributed by atoms with Crippen molar-refractivity contribution in [2.75, 3.05) is 33.3 Å². The van der Waals surface area contributed by atoms with Gasteiger partial charge in [-0.05, 0) is 48.9 Å². The van der Waals surface area contributed by atoms with Crippen molar-refractivity contribution in [3.8, 4) is 16.5 Å². The number of benzene rings is 1. The standard InChI is InChI=1S/C23H28N4O3S/c1-17(23-24-22(25-30-23)20-5-3-16-31-20)26-12-4-13-27(15-14-26)21(28)11-8-18-6-9-19(29-2)10-7-18/h3,5-7,9-10,16-17H,4,8,11-15H2,1-2H3. The first-order chi connectivity index (χ1) is 15.1. The summed E-state index contributed by atoms with van der Waals surface area (Å²) in [5, 5.41) is 6.13. The van der Waals surface area contributed by atoms with Gasteiger partial charge in [0.05, 0.1) is 18.0 Å². The Morgan fingerprint density at radius 2 is 2.03 bits per heavy atom. The molecule has 7 nitrogen and oxygen atoms in total. The first-order valence-electron chi connectivity index (χ1n) is 10.7. The number of thiophene rings is 1. The van der Waals surface area contributed by atoms with Crippen LogP contribution in [0.4, 0.5) is 0 Å². The van der Waals surface area contributed by atoms with Gasteiger partial charge in [-0.1, -0.05) is 23.4 Å². The normalized spacial score (nSPS) is 16.1. The number of hydrogen-bond acceptors (Lipinski definition) is 7. The third-order valence-corrected chi connectivity index (χ3v) is 6.62. The van der Waals surface area contributed by atoms with E-state index in [9.17, 15) is 4.79 Å². The van der Waals surface area contributed by atoms with E-state index in [0.717, 1.165) is 55.2 Å². The molecule has 164 valence electrons. The highest BCUT2D eigenvalue weighted by Gasteiger charge is 2.26. The topological polar surface area (TPSA) is 71.7 Å². The number of hydrogen-bond donors (Lipinski definition) is 0. The van der Waals surface area contributed by atoms with Crippen molar-refractivity contribution in [2.24, 2.45) is 0 Å². The lowest BCUT2D eigenvalue weighted by atomic mass is 10.1. The number of carbonyl (C=O) groups is 1. The van der Waals surface area contributed by atoms with E-state index in [2.05, 4.69) is 22.0 Å². The van der Waals surface area contributed by atoms with Crippen LogP contribution in [-0.2, 0) is 11.2 Å². The lowest BCUT2D eigenvalue weighted by Crippen LogP contribution is -2.36. The molecule has 0 aliphatic carbocycles. The van der Waals surface area contributed by atoms with Crippen LogP contribution < -0.4 is 4.74 Å². The van der Waals surface area contributed by atoms with Crippen molar-refractivity contribution in [3.63, 3.8) is 0 Å². The number of rotatable bonds is 7. The van der Waals surface area contributed by atoms with Gasteiger partial charge in [-0.3, -0.25) is 9.69 Å². The molecular formula is C23H28N4O3S. The summed E-state index contributed by atoms with van der Waals surface area (Å²) in [5.41, 5.74) is 1.15. The van der Waals surface area contributed by atoms with Crippen molar-refractivity contribution in [3.05, 3.63) is 53.2 Å². The Hall–Kier alpha value is -2.71. The molecule has 1 aliphatic rings. The fourth-order valence-corrected chi connectivity index (χ4v) is 4.49. The second-order valence-electron chi connectivity index (χ2n) is 7.73. The molecule has 8 heteroatoms. The van der Waals surface area contributed by atoms with Gasteiger partial charge < -0.3 is 14.2 Å². The minimum atomic E-state index is 0.0237. The quantitative estimate of drug-likeness (QED) is 0.552. The summed E-state index contributed by atoms with van der Waals surface area (Å²) >= 11 is 1.60. The second-order valence-corrected chi connectivity index (χ2v) is 8.68. The number of amides is 1. The zero-order valence-electron chi connectivity index (χ0n) is 18.0. The highest BCUT2D eigenvalue weighted by atomic mass is 32.1. The number of methoxy groups -OCH3 is 1. The monoisotopic (exact) mass is 440 g/mol. The van der Waals surface area contributed by atoms with Crippen LogP contribution in [0.2, 0.25) is 0 Å². The number of ether oxygens (including phenoxy) is 1. The van der Waals surface area contributed by atoms with Gasteiger partial charge in [0.25, 0.3) is 0 Å².